The molecule has 0 amide bonds. The molecule has 0 saturated heterocycles. The number of hydrogen-bond donors (Lipinski definition) is 3. The second-order valence-electron chi connectivity index (χ2n) is 12.8. The summed E-state index contributed by atoms with van der Waals surface area (Å²) in [6.45, 7) is 9.55. The number of rotatable bonds is 14. The molecule has 0 atom stereocenters. The molecule has 0 saturated carbocycles. The minimum Gasteiger partial charge on any atom is -0.773 e. The molecule has 0 unspecified atom stereocenters. The number of hydrogen-bond acceptors (Lipinski definition) is 8. The van der Waals surface area contributed by atoms with Crippen LogP contribution in [0, 0.1) is 0 Å². The molecule has 246 valence electrons. The largest absolute Gasteiger partial charge is 0.773 e. The number of unbranched alkanes of at least 4 members (excludes halogenated alkanes) is 2. The first kappa shape index (κ1) is 34.9. The minimum atomic E-state index is -4.27. The van der Waals surface area contributed by atoms with E-state index in [9.17, 15) is 36.5 Å². The Hall–Kier alpha value is -3.00. The fraction of sp³-hybridized carbons (Fsp3) is 0.455. The van der Waals surface area contributed by atoms with Gasteiger partial charge in [-0.25, -0.2) is 8.42 Å². The van der Waals surface area contributed by atoms with Gasteiger partial charge in [0.05, 0.1) is 22.0 Å². The zero-order valence-corrected chi connectivity index (χ0v) is 27.9. The first-order valence-electron chi connectivity index (χ1n) is 15.1. The number of benzene rings is 2. The van der Waals surface area contributed by atoms with Gasteiger partial charge in [0.1, 0.15) is 6.54 Å². The summed E-state index contributed by atoms with van der Waals surface area (Å²) < 4.78 is 65.7. The second-order valence-corrected chi connectivity index (χ2v) is 15.9. The van der Waals surface area contributed by atoms with Gasteiger partial charge >= 0.3 is 5.97 Å². The topological polar surface area (TPSA) is 164 Å². The third-order valence-electron chi connectivity index (χ3n) is 8.69. The molecule has 12 heteroatoms. The molecule has 2 aliphatic heterocycles. The van der Waals surface area contributed by atoms with Crippen molar-refractivity contribution in [2.75, 3.05) is 29.5 Å². The van der Waals surface area contributed by atoms with Crippen LogP contribution in [0.3, 0.4) is 0 Å². The predicted octanol–water partition coefficient (Wildman–Crippen LogP) is 5.91. The van der Waals surface area contributed by atoms with Gasteiger partial charge < -0.3 is 28.2 Å². The smallest absolute Gasteiger partial charge is 0.307 e. The summed E-state index contributed by atoms with van der Waals surface area (Å²) in [6.07, 6.45) is 7.74. The molecule has 0 aliphatic carbocycles. The van der Waals surface area contributed by atoms with E-state index >= 15 is 0 Å². The molecule has 0 fully saturated rings. The van der Waals surface area contributed by atoms with Crippen LogP contribution in [-0.4, -0.2) is 72.6 Å². The average Bonchev–Trinajstić information content (AvgIpc) is 3.26. The van der Waals surface area contributed by atoms with Gasteiger partial charge in [0.2, 0.25) is 5.69 Å². The lowest BCUT2D eigenvalue weighted by Crippen LogP contribution is -2.28. The summed E-state index contributed by atoms with van der Waals surface area (Å²) in [4.78, 5) is 13.6. The van der Waals surface area contributed by atoms with Gasteiger partial charge in [0.25, 0.3) is 0 Å². The Labute approximate surface area is 267 Å². The van der Waals surface area contributed by atoms with Crippen molar-refractivity contribution in [2.24, 2.45) is 0 Å². The lowest BCUT2D eigenvalue weighted by Gasteiger charge is -2.33. The molecule has 2 aromatic rings. The van der Waals surface area contributed by atoms with Crippen LogP contribution >= 0.6 is 10.9 Å². The summed E-state index contributed by atoms with van der Waals surface area (Å²) >= 11 is 0. The third kappa shape index (κ3) is 8.24. The Morgan fingerprint density at radius 2 is 1.62 bits per heavy atom. The van der Waals surface area contributed by atoms with E-state index in [0.717, 1.165) is 33.9 Å². The van der Waals surface area contributed by atoms with Gasteiger partial charge in [-0.05, 0) is 56.4 Å². The summed E-state index contributed by atoms with van der Waals surface area (Å²) in [5.74, 6) is -1.51. The van der Waals surface area contributed by atoms with Crippen LogP contribution in [0.25, 0.3) is 0 Å². The van der Waals surface area contributed by atoms with Gasteiger partial charge in [-0.2, -0.15) is 4.58 Å². The minimum absolute atomic E-state index is 0.0891. The number of carboxylic acids is 1. The van der Waals surface area contributed by atoms with E-state index < -0.39 is 38.1 Å². The molecule has 45 heavy (non-hydrogen) atoms. The molecule has 2 aromatic carbocycles. The summed E-state index contributed by atoms with van der Waals surface area (Å²) in [7, 11) is -8.09. The number of anilines is 1. The first-order valence-corrected chi connectivity index (χ1v) is 18.3. The monoisotopic (exact) mass is 659 g/mol. The molecule has 0 radical (unpaired) electrons. The van der Waals surface area contributed by atoms with Crippen molar-refractivity contribution in [3.63, 3.8) is 0 Å². The third-order valence-corrected chi connectivity index (χ3v) is 10.3. The summed E-state index contributed by atoms with van der Waals surface area (Å²) in [5, 5.41) is 9.37. The zero-order chi connectivity index (χ0) is 33.2. The normalized spacial score (nSPS) is 18.6. The molecular formula is C33H43N2O8S2-. The van der Waals surface area contributed by atoms with E-state index in [2.05, 4.69) is 49.3 Å². The van der Waals surface area contributed by atoms with Crippen molar-refractivity contribution in [2.45, 2.75) is 70.6 Å². The van der Waals surface area contributed by atoms with Crippen LogP contribution in [0.2, 0.25) is 0 Å². The fourth-order valence-corrected chi connectivity index (χ4v) is 7.61. The Morgan fingerprint density at radius 3 is 2.29 bits per heavy atom. The molecular weight excluding hydrogens is 617 g/mol. The lowest BCUT2D eigenvalue weighted by atomic mass is 9.81. The van der Waals surface area contributed by atoms with Gasteiger partial charge in [-0.3, -0.25) is 4.79 Å². The highest BCUT2D eigenvalue weighted by atomic mass is 32.3. The average molecular weight is 660 g/mol. The maximum atomic E-state index is 11.4. The molecule has 10 nitrogen and oxygen atoms in total. The van der Waals surface area contributed by atoms with Gasteiger partial charge in [-0.1, -0.05) is 50.3 Å². The molecule has 2 aliphatic rings. The number of allylic oxidation sites excluding steroid dienone is 4. The van der Waals surface area contributed by atoms with E-state index in [0.29, 0.717) is 37.9 Å². The van der Waals surface area contributed by atoms with Crippen molar-refractivity contribution in [3.8, 4) is 0 Å². The lowest BCUT2D eigenvalue weighted by molar-refractivity contribution is -0.438. The summed E-state index contributed by atoms with van der Waals surface area (Å²) in [6, 6.07) is 13.8. The molecule has 0 spiro atoms. The summed E-state index contributed by atoms with van der Waals surface area (Å²) in [5.41, 5.74) is 6.04. The van der Waals surface area contributed by atoms with E-state index in [4.69, 9.17) is 0 Å². The Kier molecular flexibility index (Phi) is 10.4. The van der Waals surface area contributed by atoms with E-state index in [1.807, 2.05) is 48.6 Å². The SMILES string of the molecule is CC1(C)C(/C=C/C=C2/N(CCCCS([O-])(O)O)c3ccc(CC(=O)O)cc3C2(C)C)=[N+](CCCCS(=O)(=O)[O-])c2ccccc21. The van der Waals surface area contributed by atoms with Crippen LogP contribution < -0.4 is 4.90 Å². The van der Waals surface area contributed by atoms with E-state index in [1.54, 1.807) is 0 Å². The first-order chi connectivity index (χ1) is 20.9. The number of carboxylic acid groups (broad SMARTS) is 1. The molecule has 0 bridgehead atoms. The van der Waals surface area contributed by atoms with Crippen molar-refractivity contribution < 1.29 is 41.1 Å². The molecule has 4 rings (SSSR count). The zero-order valence-electron chi connectivity index (χ0n) is 26.2. The maximum Gasteiger partial charge on any atom is 0.307 e. The maximum absolute atomic E-state index is 11.4. The number of carbonyl (C=O) groups is 1. The van der Waals surface area contributed by atoms with Crippen LogP contribution in [-0.2, 0) is 32.2 Å². The standard InChI is InChI=1S/C33H44N2O8S2/c1-32(2)25-12-5-6-13-27(25)34(18-7-9-20-44(38,39)40)29(32)14-11-15-30-33(3,4)26-22-24(23-31(36)37)16-17-28(26)35(30)19-8-10-21-45(41,42)43/h5-6,11-17,22H,7-10,18-21,23H2,1-4H3,(H4-,36,37,38,39,40,41,42,43)/p-1. The molecule has 3 N–H and O–H groups in total. The number of aliphatic carboxylic acids is 1. The highest BCUT2D eigenvalue weighted by Gasteiger charge is 2.44. The van der Waals surface area contributed by atoms with Crippen molar-refractivity contribution in [3.05, 3.63) is 83.1 Å². The van der Waals surface area contributed by atoms with Crippen molar-refractivity contribution >= 4 is 44.0 Å². The highest BCUT2D eigenvalue weighted by Crippen LogP contribution is 2.48. The number of nitrogens with zero attached hydrogens (tertiary/aromatic N) is 2. The van der Waals surface area contributed by atoms with Crippen LogP contribution in [0.5, 0.6) is 0 Å². The quantitative estimate of drug-likeness (QED) is 0.127. The van der Waals surface area contributed by atoms with Gasteiger partial charge in [0.15, 0.2) is 5.71 Å². The Bertz CT molecular complexity index is 1640. The van der Waals surface area contributed by atoms with Gasteiger partial charge in [-0.15, -0.1) is 10.9 Å². The predicted molar refractivity (Wildman–Crippen MR) is 176 cm³/mol. The number of para-hydroxylation sites is 1. The van der Waals surface area contributed by atoms with Crippen molar-refractivity contribution in [1.82, 2.24) is 0 Å². The van der Waals surface area contributed by atoms with Gasteiger partial charge in [0, 0.05) is 59.0 Å². The second kappa shape index (κ2) is 13.4. The Balaban J connectivity index is 1.69. The number of fused-ring (bicyclic) bond motifs is 2. The van der Waals surface area contributed by atoms with Crippen LogP contribution in [0.4, 0.5) is 11.4 Å². The van der Waals surface area contributed by atoms with E-state index in [-0.39, 0.29) is 24.0 Å². The Morgan fingerprint density at radius 1 is 0.933 bits per heavy atom. The van der Waals surface area contributed by atoms with Crippen LogP contribution in [0.15, 0.2) is 66.4 Å². The van der Waals surface area contributed by atoms with Crippen LogP contribution in [0.1, 0.15) is 70.1 Å². The highest BCUT2D eigenvalue weighted by molar-refractivity contribution is 8.19. The fourth-order valence-electron chi connectivity index (χ4n) is 6.47. The molecule has 0 aromatic heterocycles. The molecule has 2 heterocycles. The van der Waals surface area contributed by atoms with E-state index in [1.165, 1.54) is 0 Å². The van der Waals surface area contributed by atoms with Crippen molar-refractivity contribution in [1.29, 1.82) is 0 Å².